The molecule has 7 nitrogen and oxygen atoms in total. The Bertz CT molecular complexity index is 964. The van der Waals surface area contributed by atoms with Crippen LogP contribution in [-0.4, -0.2) is 27.5 Å². The Morgan fingerprint density at radius 2 is 2.15 bits per heavy atom. The SMILES string of the molecule is CCCSc1nc2c(c(=O)[nH]1)C(C(=O)Nc1cc(F)ccc1F)CC(=O)N2. The maximum atomic E-state index is 13.8. The summed E-state index contributed by atoms with van der Waals surface area (Å²) in [5.74, 6) is -3.29. The van der Waals surface area contributed by atoms with Crippen molar-refractivity contribution in [2.24, 2.45) is 0 Å². The number of nitrogens with one attached hydrogen (secondary N) is 3. The summed E-state index contributed by atoms with van der Waals surface area (Å²) < 4.78 is 27.1. The number of halogens is 2. The van der Waals surface area contributed by atoms with Crippen molar-refractivity contribution in [3.05, 3.63) is 45.8 Å². The van der Waals surface area contributed by atoms with Gasteiger partial charge in [-0.15, -0.1) is 0 Å². The van der Waals surface area contributed by atoms with E-state index in [0.29, 0.717) is 5.16 Å². The molecule has 3 rings (SSSR count). The third-order valence-electron chi connectivity index (χ3n) is 3.88. The van der Waals surface area contributed by atoms with E-state index in [1.807, 2.05) is 6.92 Å². The van der Waals surface area contributed by atoms with E-state index >= 15 is 0 Å². The van der Waals surface area contributed by atoms with E-state index in [9.17, 15) is 23.2 Å². The van der Waals surface area contributed by atoms with Gasteiger partial charge in [0.05, 0.1) is 17.2 Å². The molecule has 10 heteroatoms. The maximum absolute atomic E-state index is 13.8. The standard InChI is InChI=1S/C17H16F2N4O3S/c1-2-5-27-17-22-14-13(16(26)23-17)9(7-12(24)21-14)15(25)20-11-6-8(18)3-4-10(11)19/h3-4,6,9H,2,5,7H2,1H3,(H,20,25)(H2,21,22,23,24,26). The molecule has 1 unspecified atom stereocenters. The third kappa shape index (κ3) is 4.16. The van der Waals surface area contributed by atoms with Gasteiger partial charge in [0.15, 0.2) is 5.16 Å². The van der Waals surface area contributed by atoms with Crippen LogP contribution in [0.2, 0.25) is 0 Å². The molecule has 1 aromatic heterocycles. The van der Waals surface area contributed by atoms with Crippen LogP contribution >= 0.6 is 11.8 Å². The van der Waals surface area contributed by atoms with Crippen LogP contribution in [-0.2, 0) is 9.59 Å². The van der Waals surface area contributed by atoms with E-state index in [2.05, 4.69) is 20.6 Å². The van der Waals surface area contributed by atoms with Gasteiger partial charge in [0.25, 0.3) is 5.56 Å². The average molecular weight is 394 g/mol. The van der Waals surface area contributed by atoms with Gasteiger partial charge in [-0.3, -0.25) is 14.4 Å². The van der Waals surface area contributed by atoms with Gasteiger partial charge in [-0.05, 0) is 18.6 Å². The predicted octanol–water partition coefficient (Wildman–Crippen LogP) is 2.61. The number of thioether (sulfide) groups is 1. The fourth-order valence-corrected chi connectivity index (χ4v) is 3.37. The molecule has 0 aliphatic carbocycles. The van der Waals surface area contributed by atoms with Crippen molar-refractivity contribution < 1.29 is 18.4 Å². The molecule has 2 heterocycles. The second-order valence-corrected chi connectivity index (χ2v) is 6.98. The summed E-state index contributed by atoms with van der Waals surface area (Å²) >= 11 is 1.31. The van der Waals surface area contributed by atoms with Gasteiger partial charge in [-0.25, -0.2) is 13.8 Å². The molecule has 27 heavy (non-hydrogen) atoms. The minimum atomic E-state index is -1.17. The van der Waals surface area contributed by atoms with E-state index in [0.717, 1.165) is 30.4 Å². The van der Waals surface area contributed by atoms with Gasteiger partial charge in [-0.1, -0.05) is 18.7 Å². The largest absolute Gasteiger partial charge is 0.323 e. The summed E-state index contributed by atoms with van der Waals surface area (Å²) in [4.78, 5) is 43.8. The molecule has 3 N–H and O–H groups in total. The zero-order chi connectivity index (χ0) is 19.6. The lowest BCUT2D eigenvalue weighted by Crippen LogP contribution is -2.36. The highest BCUT2D eigenvalue weighted by Crippen LogP contribution is 2.30. The number of hydrogen-bond donors (Lipinski definition) is 3. The topological polar surface area (TPSA) is 104 Å². The Kier molecular flexibility index (Phi) is 5.54. The fourth-order valence-electron chi connectivity index (χ4n) is 2.65. The number of nitrogens with zero attached hydrogens (tertiary/aromatic N) is 1. The van der Waals surface area contributed by atoms with Crippen LogP contribution in [0.5, 0.6) is 0 Å². The van der Waals surface area contributed by atoms with E-state index in [1.54, 1.807) is 0 Å². The first-order valence-corrected chi connectivity index (χ1v) is 9.20. The van der Waals surface area contributed by atoms with Crippen LogP contribution in [0, 0.1) is 11.6 Å². The Balaban J connectivity index is 1.93. The van der Waals surface area contributed by atoms with Crippen molar-refractivity contribution in [1.29, 1.82) is 0 Å². The highest BCUT2D eigenvalue weighted by molar-refractivity contribution is 7.99. The number of H-pyrrole nitrogens is 1. The van der Waals surface area contributed by atoms with Crippen LogP contribution in [0.3, 0.4) is 0 Å². The molecule has 0 radical (unpaired) electrons. The molecule has 0 saturated heterocycles. The zero-order valence-electron chi connectivity index (χ0n) is 14.3. The lowest BCUT2D eigenvalue weighted by Gasteiger charge is -2.23. The minimum absolute atomic E-state index is 0.00784. The summed E-state index contributed by atoms with van der Waals surface area (Å²) in [6.07, 6.45) is 0.560. The summed E-state index contributed by atoms with van der Waals surface area (Å²) in [6.45, 7) is 1.97. The summed E-state index contributed by atoms with van der Waals surface area (Å²) in [7, 11) is 0. The molecule has 2 amide bonds. The van der Waals surface area contributed by atoms with Crippen molar-refractivity contribution in [2.75, 3.05) is 16.4 Å². The molecule has 142 valence electrons. The molecule has 0 saturated carbocycles. The molecular weight excluding hydrogens is 378 g/mol. The average Bonchev–Trinajstić information content (AvgIpc) is 2.61. The van der Waals surface area contributed by atoms with Gasteiger partial charge < -0.3 is 15.6 Å². The molecule has 1 aliphatic rings. The number of carbonyl (C=O) groups excluding carboxylic acids is 2. The van der Waals surface area contributed by atoms with Crippen molar-refractivity contribution in [1.82, 2.24) is 9.97 Å². The van der Waals surface area contributed by atoms with Gasteiger partial charge in [-0.2, -0.15) is 0 Å². The van der Waals surface area contributed by atoms with Gasteiger partial charge in [0.2, 0.25) is 11.8 Å². The molecule has 0 bridgehead atoms. The summed E-state index contributed by atoms with van der Waals surface area (Å²) in [5.41, 5.74) is -0.935. The van der Waals surface area contributed by atoms with E-state index in [4.69, 9.17) is 0 Å². The first kappa shape index (κ1) is 19.0. The molecule has 0 spiro atoms. The van der Waals surface area contributed by atoms with Crippen LogP contribution in [0.25, 0.3) is 0 Å². The molecule has 1 aliphatic heterocycles. The molecule has 0 fully saturated rings. The second-order valence-electron chi connectivity index (χ2n) is 5.90. The monoisotopic (exact) mass is 394 g/mol. The van der Waals surface area contributed by atoms with Crippen LogP contribution in [0.15, 0.2) is 28.2 Å². The third-order valence-corrected chi connectivity index (χ3v) is 4.95. The maximum Gasteiger partial charge on any atom is 0.257 e. The Hall–Kier alpha value is -2.75. The van der Waals surface area contributed by atoms with E-state index in [-0.39, 0.29) is 23.5 Å². The van der Waals surface area contributed by atoms with Crippen molar-refractivity contribution in [2.45, 2.75) is 30.8 Å². The lowest BCUT2D eigenvalue weighted by molar-refractivity contribution is -0.123. The number of aromatic amines is 1. The lowest BCUT2D eigenvalue weighted by atomic mass is 9.92. The van der Waals surface area contributed by atoms with Crippen molar-refractivity contribution in [3.8, 4) is 0 Å². The van der Waals surface area contributed by atoms with E-state index < -0.39 is 34.9 Å². The quantitative estimate of drug-likeness (QED) is 0.534. The van der Waals surface area contributed by atoms with Crippen molar-refractivity contribution >= 4 is 35.1 Å². The van der Waals surface area contributed by atoms with Crippen LogP contribution in [0.4, 0.5) is 20.3 Å². The smallest absolute Gasteiger partial charge is 0.257 e. The number of fused-ring (bicyclic) bond motifs is 1. The van der Waals surface area contributed by atoms with Gasteiger partial charge in [0.1, 0.15) is 17.5 Å². The molecule has 2 aromatic rings. The predicted molar refractivity (Wildman–Crippen MR) is 96.8 cm³/mol. The highest BCUT2D eigenvalue weighted by Gasteiger charge is 2.35. The molecule has 1 aromatic carbocycles. The Morgan fingerprint density at radius 1 is 1.37 bits per heavy atom. The Labute approximate surface area is 157 Å². The number of benzene rings is 1. The minimum Gasteiger partial charge on any atom is -0.323 e. The molecular formula is C17H16F2N4O3S. The fraction of sp³-hybridized carbons (Fsp3) is 0.294. The number of anilines is 2. The normalized spacial score (nSPS) is 15.8. The number of rotatable bonds is 5. The van der Waals surface area contributed by atoms with Gasteiger partial charge in [0, 0.05) is 18.2 Å². The number of hydrogen-bond acceptors (Lipinski definition) is 5. The number of carbonyl (C=O) groups is 2. The van der Waals surface area contributed by atoms with Crippen molar-refractivity contribution in [3.63, 3.8) is 0 Å². The number of amides is 2. The second kappa shape index (κ2) is 7.87. The highest BCUT2D eigenvalue weighted by atomic mass is 32.2. The van der Waals surface area contributed by atoms with E-state index in [1.165, 1.54) is 11.8 Å². The summed E-state index contributed by atoms with van der Waals surface area (Å²) in [5, 5.41) is 5.06. The first-order chi connectivity index (χ1) is 12.9. The zero-order valence-corrected chi connectivity index (χ0v) is 15.1. The van der Waals surface area contributed by atoms with Crippen LogP contribution in [0.1, 0.15) is 31.2 Å². The Morgan fingerprint density at radius 3 is 2.89 bits per heavy atom. The first-order valence-electron chi connectivity index (χ1n) is 8.21. The summed E-state index contributed by atoms with van der Waals surface area (Å²) in [6, 6.07) is 2.61. The number of aromatic nitrogens is 2. The van der Waals surface area contributed by atoms with Gasteiger partial charge >= 0.3 is 0 Å². The molecule has 1 atom stereocenters. The van der Waals surface area contributed by atoms with Crippen LogP contribution < -0.4 is 16.2 Å².